The van der Waals surface area contributed by atoms with Gasteiger partial charge in [-0.2, -0.15) is 0 Å². The van der Waals surface area contributed by atoms with Gasteiger partial charge in [-0.25, -0.2) is 21.9 Å². The van der Waals surface area contributed by atoms with Crippen LogP contribution in [-0.2, 0) is 15.8 Å². The van der Waals surface area contributed by atoms with Gasteiger partial charge >= 0.3 is 0 Å². The Labute approximate surface area is 123 Å². The van der Waals surface area contributed by atoms with Crippen molar-refractivity contribution in [3.8, 4) is 0 Å². The molecule has 0 spiro atoms. The number of hydrogen-bond acceptors (Lipinski definition) is 4. The van der Waals surface area contributed by atoms with Crippen LogP contribution in [0.25, 0.3) is 0 Å². The predicted octanol–water partition coefficient (Wildman–Crippen LogP) is 0.697. The highest BCUT2D eigenvalue weighted by atomic mass is 32.2. The highest BCUT2D eigenvalue weighted by Gasteiger charge is 2.24. The van der Waals surface area contributed by atoms with Crippen LogP contribution in [0.1, 0.15) is 12.5 Å². The van der Waals surface area contributed by atoms with Crippen LogP contribution in [0.15, 0.2) is 18.2 Å². The van der Waals surface area contributed by atoms with Crippen molar-refractivity contribution in [2.45, 2.75) is 18.3 Å². The molecule has 0 aliphatic rings. The number of benzene rings is 1. The molecule has 0 amide bonds. The minimum absolute atomic E-state index is 0.129. The van der Waals surface area contributed by atoms with E-state index < -0.39 is 33.0 Å². The summed E-state index contributed by atoms with van der Waals surface area (Å²) in [4.78, 5) is 1.72. The molecule has 1 aromatic rings. The van der Waals surface area contributed by atoms with Crippen molar-refractivity contribution in [2.75, 3.05) is 27.2 Å². The minimum Gasteiger partial charge on any atom is -0.387 e. The third kappa shape index (κ3) is 6.47. The lowest BCUT2D eigenvalue weighted by molar-refractivity contribution is 0.0386. The van der Waals surface area contributed by atoms with E-state index in [1.165, 1.54) is 6.92 Å². The summed E-state index contributed by atoms with van der Waals surface area (Å²) in [6.07, 6.45) is 0. The number of halogens is 2. The maximum absolute atomic E-state index is 13.4. The van der Waals surface area contributed by atoms with E-state index in [2.05, 4.69) is 4.72 Å². The molecule has 0 fully saturated rings. The second-order valence-corrected chi connectivity index (χ2v) is 7.36. The van der Waals surface area contributed by atoms with Crippen LogP contribution >= 0.6 is 0 Å². The van der Waals surface area contributed by atoms with Gasteiger partial charge in [0.1, 0.15) is 11.6 Å². The van der Waals surface area contributed by atoms with Gasteiger partial charge in [0, 0.05) is 24.7 Å². The zero-order valence-electron chi connectivity index (χ0n) is 12.2. The molecule has 21 heavy (non-hydrogen) atoms. The van der Waals surface area contributed by atoms with Gasteiger partial charge in [-0.3, -0.25) is 0 Å². The quantitative estimate of drug-likeness (QED) is 0.775. The summed E-state index contributed by atoms with van der Waals surface area (Å²) in [5.41, 5.74) is -1.38. The normalized spacial score (nSPS) is 15.2. The van der Waals surface area contributed by atoms with Crippen LogP contribution in [0.4, 0.5) is 8.78 Å². The number of likely N-dealkylation sites (N-methyl/N-ethyl adjacent to an activating group) is 1. The fraction of sp³-hybridized carbons (Fsp3) is 0.538. The highest BCUT2D eigenvalue weighted by molar-refractivity contribution is 7.88. The first-order valence-corrected chi connectivity index (χ1v) is 7.94. The summed E-state index contributed by atoms with van der Waals surface area (Å²) in [6.45, 7) is 1.56. The Hall–Kier alpha value is -1.09. The van der Waals surface area contributed by atoms with Gasteiger partial charge in [0.05, 0.1) is 11.4 Å². The maximum Gasteiger partial charge on any atom is 0.215 e. The fourth-order valence-corrected chi connectivity index (χ4v) is 3.17. The van der Waals surface area contributed by atoms with Gasteiger partial charge in [-0.05, 0) is 27.1 Å². The molecule has 120 valence electrons. The largest absolute Gasteiger partial charge is 0.387 e. The molecule has 0 aliphatic heterocycles. The molecule has 0 bridgehead atoms. The van der Waals surface area contributed by atoms with E-state index in [4.69, 9.17) is 0 Å². The van der Waals surface area contributed by atoms with Crippen LogP contribution in [0.3, 0.4) is 0 Å². The molecular formula is C13H20F2N2O3S. The van der Waals surface area contributed by atoms with Gasteiger partial charge in [0.25, 0.3) is 0 Å². The Morgan fingerprint density at radius 2 is 1.95 bits per heavy atom. The summed E-state index contributed by atoms with van der Waals surface area (Å²) in [5, 5.41) is 10.0. The second-order valence-electron chi connectivity index (χ2n) is 5.55. The van der Waals surface area contributed by atoms with E-state index >= 15 is 0 Å². The average molecular weight is 322 g/mol. The van der Waals surface area contributed by atoms with Crippen molar-refractivity contribution in [1.29, 1.82) is 0 Å². The van der Waals surface area contributed by atoms with Gasteiger partial charge in [-0.1, -0.05) is 6.07 Å². The van der Waals surface area contributed by atoms with E-state index in [0.717, 1.165) is 12.1 Å². The Morgan fingerprint density at radius 1 is 1.33 bits per heavy atom. The Morgan fingerprint density at radius 3 is 2.48 bits per heavy atom. The smallest absolute Gasteiger partial charge is 0.215 e. The van der Waals surface area contributed by atoms with Crippen molar-refractivity contribution >= 4 is 10.0 Å². The third-order valence-corrected chi connectivity index (χ3v) is 3.97. The summed E-state index contributed by atoms with van der Waals surface area (Å²) in [6, 6.07) is 2.71. The summed E-state index contributed by atoms with van der Waals surface area (Å²) in [7, 11) is -0.336. The molecule has 1 atom stereocenters. The van der Waals surface area contributed by atoms with Gasteiger partial charge in [0.15, 0.2) is 0 Å². The van der Waals surface area contributed by atoms with Crippen molar-refractivity contribution in [2.24, 2.45) is 0 Å². The van der Waals surface area contributed by atoms with Crippen molar-refractivity contribution in [3.05, 3.63) is 35.4 Å². The number of hydrogen-bond donors (Lipinski definition) is 2. The first kappa shape index (κ1) is 18.0. The zero-order valence-corrected chi connectivity index (χ0v) is 13.0. The third-order valence-electron chi connectivity index (χ3n) is 2.69. The number of sulfonamides is 1. The van der Waals surface area contributed by atoms with E-state index in [1.807, 2.05) is 0 Å². The van der Waals surface area contributed by atoms with Crippen molar-refractivity contribution in [3.63, 3.8) is 0 Å². The predicted molar refractivity (Wildman–Crippen MR) is 76.2 cm³/mol. The van der Waals surface area contributed by atoms with Crippen LogP contribution < -0.4 is 4.72 Å². The van der Waals surface area contributed by atoms with Crippen LogP contribution in [0.5, 0.6) is 0 Å². The molecule has 8 heteroatoms. The highest BCUT2D eigenvalue weighted by Crippen LogP contribution is 2.13. The average Bonchev–Trinajstić information content (AvgIpc) is 2.29. The molecule has 0 saturated heterocycles. The van der Waals surface area contributed by atoms with Crippen LogP contribution in [0.2, 0.25) is 0 Å². The molecular weight excluding hydrogens is 302 g/mol. The lowest BCUT2D eigenvalue weighted by atomic mass is 10.1. The summed E-state index contributed by atoms with van der Waals surface area (Å²) >= 11 is 0. The molecule has 0 aromatic heterocycles. The summed E-state index contributed by atoms with van der Waals surface area (Å²) < 4.78 is 52.2. The van der Waals surface area contributed by atoms with Gasteiger partial charge < -0.3 is 10.0 Å². The topological polar surface area (TPSA) is 69.6 Å². The SMILES string of the molecule is CN(C)CC(C)(O)CNS(=O)(=O)Cc1ccc(F)cc1F. The lowest BCUT2D eigenvalue weighted by Gasteiger charge is -2.27. The number of aliphatic hydroxyl groups is 1. The van der Waals surface area contributed by atoms with Gasteiger partial charge in [0.2, 0.25) is 10.0 Å². The fourth-order valence-electron chi connectivity index (χ4n) is 1.90. The monoisotopic (exact) mass is 322 g/mol. The Bertz CT molecular complexity index is 589. The molecule has 0 aliphatic carbocycles. The van der Waals surface area contributed by atoms with Crippen LogP contribution in [0, 0.1) is 11.6 Å². The number of nitrogens with zero attached hydrogens (tertiary/aromatic N) is 1. The molecule has 1 aromatic carbocycles. The first-order chi connectivity index (χ1) is 9.51. The number of rotatable bonds is 7. The molecule has 2 N–H and O–H groups in total. The standard InChI is InChI=1S/C13H20F2N2O3S/c1-13(18,9-17(2)3)8-16-21(19,20)7-10-4-5-11(14)6-12(10)15/h4-6,16,18H,7-9H2,1-3H3. The molecule has 1 unspecified atom stereocenters. The van der Waals surface area contributed by atoms with E-state index in [-0.39, 0.29) is 18.7 Å². The number of nitrogens with one attached hydrogen (secondary N) is 1. The van der Waals surface area contributed by atoms with Crippen LogP contribution in [-0.4, -0.2) is 51.2 Å². The molecule has 0 heterocycles. The Kier molecular flexibility index (Phi) is 5.80. The Balaban J connectivity index is 2.70. The van der Waals surface area contributed by atoms with E-state index in [9.17, 15) is 22.3 Å². The second kappa shape index (κ2) is 6.78. The zero-order chi connectivity index (χ0) is 16.3. The van der Waals surface area contributed by atoms with Crippen molar-refractivity contribution in [1.82, 2.24) is 9.62 Å². The van der Waals surface area contributed by atoms with Gasteiger partial charge in [-0.15, -0.1) is 0 Å². The maximum atomic E-state index is 13.4. The molecule has 1 rings (SSSR count). The van der Waals surface area contributed by atoms with E-state index in [0.29, 0.717) is 6.07 Å². The first-order valence-electron chi connectivity index (χ1n) is 6.29. The molecule has 0 saturated carbocycles. The van der Waals surface area contributed by atoms with E-state index in [1.54, 1.807) is 19.0 Å². The summed E-state index contributed by atoms with van der Waals surface area (Å²) in [5.74, 6) is -2.30. The van der Waals surface area contributed by atoms with Crippen molar-refractivity contribution < 1.29 is 22.3 Å². The molecule has 0 radical (unpaired) electrons. The minimum atomic E-state index is -3.83. The molecule has 5 nitrogen and oxygen atoms in total. The lowest BCUT2D eigenvalue weighted by Crippen LogP contribution is -2.47.